The van der Waals surface area contributed by atoms with Crippen LogP contribution >= 0.6 is 22.9 Å². The Bertz CT molecular complexity index is 281. The molecule has 1 atom stereocenters. The molecule has 1 aromatic heterocycles. The zero-order valence-corrected chi connectivity index (χ0v) is 10.3. The topological polar surface area (TPSA) is 20.2 Å². The Balaban J connectivity index is 2.61. The van der Waals surface area contributed by atoms with Gasteiger partial charge in [-0.2, -0.15) is 0 Å². The van der Waals surface area contributed by atoms with Crippen molar-refractivity contribution in [2.24, 2.45) is 0 Å². The summed E-state index contributed by atoms with van der Waals surface area (Å²) in [6, 6.07) is 1.84. The number of halogens is 1. The van der Waals surface area contributed by atoms with Crippen LogP contribution in [0.3, 0.4) is 0 Å². The molecule has 14 heavy (non-hydrogen) atoms. The quantitative estimate of drug-likeness (QED) is 0.755. The van der Waals surface area contributed by atoms with Gasteiger partial charge in [0.15, 0.2) is 0 Å². The van der Waals surface area contributed by atoms with Crippen LogP contribution in [-0.2, 0) is 5.60 Å². The minimum Gasteiger partial charge on any atom is -0.385 e. The van der Waals surface area contributed by atoms with Crippen LogP contribution in [-0.4, -0.2) is 5.11 Å². The lowest BCUT2D eigenvalue weighted by Gasteiger charge is -2.22. The summed E-state index contributed by atoms with van der Waals surface area (Å²) in [5, 5.41) is 12.8. The van der Waals surface area contributed by atoms with Crippen molar-refractivity contribution in [1.29, 1.82) is 0 Å². The maximum Gasteiger partial charge on any atom is 0.0974 e. The molecule has 0 aromatic carbocycles. The van der Waals surface area contributed by atoms with E-state index in [1.165, 1.54) is 24.2 Å². The normalized spacial score (nSPS) is 15.4. The average Bonchev–Trinajstić information content (AvgIpc) is 2.52. The molecule has 0 amide bonds. The maximum atomic E-state index is 10.2. The third kappa shape index (κ3) is 2.97. The SMILES string of the molecule is CCCCCC(C)(O)c1sccc1Cl. The van der Waals surface area contributed by atoms with Gasteiger partial charge in [0.25, 0.3) is 0 Å². The van der Waals surface area contributed by atoms with Crippen molar-refractivity contribution in [2.75, 3.05) is 0 Å². The van der Waals surface area contributed by atoms with E-state index in [1.54, 1.807) is 0 Å². The predicted octanol–water partition coefficient (Wildman–Crippen LogP) is 4.19. The zero-order valence-electron chi connectivity index (χ0n) is 8.72. The van der Waals surface area contributed by atoms with E-state index in [-0.39, 0.29) is 0 Å². The molecule has 0 saturated heterocycles. The van der Waals surface area contributed by atoms with Gasteiger partial charge in [0.05, 0.1) is 15.5 Å². The summed E-state index contributed by atoms with van der Waals surface area (Å²) in [6.45, 7) is 4.01. The summed E-state index contributed by atoms with van der Waals surface area (Å²) in [5.41, 5.74) is -0.750. The number of unbranched alkanes of at least 4 members (excludes halogenated alkanes) is 2. The van der Waals surface area contributed by atoms with Crippen LogP contribution in [0.15, 0.2) is 11.4 Å². The van der Waals surface area contributed by atoms with Gasteiger partial charge in [-0.1, -0.05) is 37.8 Å². The molecule has 0 aliphatic carbocycles. The second kappa shape index (κ2) is 5.15. The number of hydrogen-bond acceptors (Lipinski definition) is 2. The van der Waals surface area contributed by atoms with Crippen molar-refractivity contribution < 1.29 is 5.11 Å². The Morgan fingerprint density at radius 3 is 2.71 bits per heavy atom. The Morgan fingerprint density at radius 1 is 1.50 bits per heavy atom. The molecule has 1 aromatic rings. The first kappa shape index (κ1) is 12.0. The molecule has 0 spiro atoms. The second-order valence-electron chi connectivity index (χ2n) is 3.83. The van der Waals surface area contributed by atoms with E-state index in [1.807, 2.05) is 18.4 Å². The average molecular weight is 233 g/mol. The van der Waals surface area contributed by atoms with Crippen molar-refractivity contribution in [2.45, 2.75) is 45.1 Å². The smallest absolute Gasteiger partial charge is 0.0974 e. The molecule has 1 nitrogen and oxygen atoms in total. The van der Waals surface area contributed by atoms with Crippen LogP contribution in [0.25, 0.3) is 0 Å². The van der Waals surface area contributed by atoms with E-state index in [0.717, 1.165) is 17.7 Å². The minimum atomic E-state index is -0.750. The van der Waals surface area contributed by atoms with Gasteiger partial charge in [0.1, 0.15) is 0 Å². The third-order valence-corrected chi connectivity index (χ3v) is 3.97. The molecule has 1 rings (SSSR count). The number of hydrogen-bond donors (Lipinski definition) is 1. The van der Waals surface area contributed by atoms with Gasteiger partial charge < -0.3 is 5.11 Å². The van der Waals surface area contributed by atoms with Crippen LogP contribution in [0.4, 0.5) is 0 Å². The fraction of sp³-hybridized carbons (Fsp3) is 0.636. The predicted molar refractivity (Wildman–Crippen MR) is 63.0 cm³/mol. The lowest BCUT2D eigenvalue weighted by molar-refractivity contribution is 0.0488. The van der Waals surface area contributed by atoms with Crippen molar-refractivity contribution in [1.82, 2.24) is 0 Å². The molecule has 1 heterocycles. The molecule has 0 fully saturated rings. The fourth-order valence-corrected chi connectivity index (χ4v) is 2.86. The van der Waals surface area contributed by atoms with E-state index in [2.05, 4.69) is 6.92 Å². The fourth-order valence-electron chi connectivity index (χ4n) is 1.51. The first-order valence-corrected chi connectivity index (χ1v) is 6.29. The zero-order chi connectivity index (χ0) is 10.6. The van der Waals surface area contributed by atoms with Gasteiger partial charge >= 0.3 is 0 Å². The van der Waals surface area contributed by atoms with Crippen molar-refractivity contribution in [3.63, 3.8) is 0 Å². The van der Waals surface area contributed by atoms with Gasteiger partial charge in [-0.15, -0.1) is 11.3 Å². The third-order valence-electron chi connectivity index (χ3n) is 2.37. The molecular formula is C11H17ClOS. The summed E-state index contributed by atoms with van der Waals surface area (Å²) in [5.74, 6) is 0. The molecule has 0 aliphatic rings. The summed E-state index contributed by atoms with van der Waals surface area (Å²) >= 11 is 7.52. The molecule has 1 N–H and O–H groups in total. The van der Waals surface area contributed by atoms with Crippen molar-refractivity contribution >= 4 is 22.9 Å². The highest BCUT2D eigenvalue weighted by Crippen LogP contribution is 2.36. The molecule has 0 saturated carbocycles. The Morgan fingerprint density at radius 2 is 2.21 bits per heavy atom. The Kier molecular flexibility index (Phi) is 4.42. The maximum absolute atomic E-state index is 10.2. The Labute approximate surface area is 94.7 Å². The van der Waals surface area contributed by atoms with Gasteiger partial charge in [0.2, 0.25) is 0 Å². The minimum absolute atomic E-state index is 0.691. The molecule has 0 radical (unpaired) electrons. The summed E-state index contributed by atoms with van der Waals surface area (Å²) in [4.78, 5) is 0.898. The monoisotopic (exact) mass is 232 g/mol. The second-order valence-corrected chi connectivity index (χ2v) is 5.15. The molecule has 80 valence electrons. The highest BCUT2D eigenvalue weighted by Gasteiger charge is 2.26. The Hall–Kier alpha value is -0.0500. The van der Waals surface area contributed by atoms with Gasteiger partial charge in [-0.25, -0.2) is 0 Å². The first-order chi connectivity index (χ1) is 6.58. The van der Waals surface area contributed by atoms with Crippen molar-refractivity contribution in [3.05, 3.63) is 21.3 Å². The van der Waals surface area contributed by atoms with Gasteiger partial charge in [0, 0.05) is 0 Å². The van der Waals surface area contributed by atoms with E-state index in [4.69, 9.17) is 11.6 Å². The molecule has 0 aliphatic heterocycles. The van der Waals surface area contributed by atoms with Crippen LogP contribution in [0, 0.1) is 0 Å². The van der Waals surface area contributed by atoms with E-state index in [0.29, 0.717) is 5.02 Å². The summed E-state index contributed by atoms with van der Waals surface area (Å²) in [7, 11) is 0. The van der Waals surface area contributed by atoms with Crippen LogP contribution in [0.5, 0.6) is 0 Å². The van der Waals surface area contributed by atoms with Crippen LogP contribution in [0.1, 0.15) is 44.4 Å². The van der Waals surface area contributed by atoms with E-state index < -0.39 is 5.60 Å². The largest absolute Gasteiger partial charge is 0.385 e. The van der Waals surface area contributed by atoms with Crippen LogP contribution in [0.2, 0.25) is 5.02 Å². The molecular weight excluding hydrogens is 216 g/mol. The number of thiophene rings is 1. The lowest BCUT2D eigenvalue weighted by atomic mass is 9.97. The molecule has 1 unspecified atom stereocenters. The first-order valence-electron chi connectivity index (χ1n) is 5.04. The van der Waals surface area contributed by atoms with Crippen LogP contribution < -0.4 is 0 Å². The standard InChI is InChI=1S/C11H17ClOS/c1-3-4-5-7-11(2,13)10-9(12)6-8-14-10/h6,8,13H,3-5,7H2,1-2H3. The molecule has 3 heteroatoms. The lowest BCUT2D eigenvalue weighted by Crippen LogP contribution is -2.19. The highest BCUT2D eigenvalue weighted by molar-refractivity contribution is 7.10. The highest BCUT2D eigenvalue weighted by atomic mass is 35.5. The van der Waals surface area contributed by atoms with Gasteiger partial charge in [-0.3, -0.25) is 0 Å². The number of aliphatic hydroxyl groups is 1. The van der Waals surface area contributed by atoms with E-state index >= 15 is 0 Å². The number of rotatable bonds is 5. The van der Waals surface area contributed by atoms with Gasteiger partial charge in [-0.05, 0) is 24.8 Å². The van der Waals surface area contributed by atoms with E-state index in [9.17, 15) is 5.11 Å². The molecule has 0 bridgehead atoms. The summed E-state index contributed by atoms with van der Waals surface area (Å²) < 4.78 is 0. The summed E-state index contributed by atoms with van der Waals surface area (Å²) in [6.07, 6.45) is 4.19. The van der Waals surface area contributed by atoms with Crippen molar-refractivity contribution in [3.8, 4) is 0 Å².